The van der Waals surface area contributed by atoms with E-state index in [4.69, 9.17) is 10.1 Å². The van der Waals surface area contributed by atoms with E-state index in [2.05, 4.69) is 9.97 Å². The van der Waals surface area contributed by atoms with Crippen molar-refractivity contribution in [2.75, 3.05) is 4.31 Å². The number of amides is 1. The lowest BCUT2D eigenvalue weighted by molar-refractivity contribution is 0.101. The van der Waals surface area contributed by atoms with Gasteiger partial charge in [-0.25, -0.2) is 10.1 Å². The van der Waals surface area contributed by atoms with Crippen LogP contribution in [-0.2, 0) is 10.2 Å². The van der Waals surface area contributed by atoms with Crippen molar-refractivity contribution in [3.05, 3.63) is 108 Å². The van der Waals surface area contributed by atoms with Gasteiger partial charge < -0.3 is 0 Å². The molecule has 8 nitrogen and oxygen atoms in total. The maximum absolute atomic E-state index is 13.7. The number of nitrogens with two attached hydrogens (primary N) is 1. The van der Waals surface area contributed by atoms with E-state index in [9.17, 15) is 13.2 Å². The van der Waals surface area contributed by atoms with Crippen LogP contribution in [0.4, 0.5) is 5.69 Å². The smallest absolute Gasteiger partial charge is 0.268 e. The number of carbonyl (C=O) groups is 1. The van der Waals surface area contributed by atoms with E-state index >= 15 is 0 Å². The second-order valence-electron chi connectivity index (χ2n) is 8.10. The molecule has 5 rings (SSSR count). The number of nitrogens with zero attached hydrogens (tertiary/aromatic N) is 4. The van der Waals surface area contributed by atoms with Crippen LogP contribution in [0.25, 0.3) is 33.5 Å². The van der Waals surface area contributed by atoms with Crippen molar-refractivity contribution in [1.29, 1.82) is 0 Å². The highest BCUT2D eigenvalue weighted by atomic mass is 32.2. The molecule has 1 amide bonds. The molecule has 0 bridgehead atoms. The first-order valence-corrected chi connectivity index (χ1v) is 12.5. The van der Waals surface area contributed by atoms with Gasteiger partial charge in [0.2, 0.25) is 0 Å². The van der Waals surface area contributed by atoms with E-state index in [1.54, 1.807) is 54.9 Å². The largest absolute Gasteiger partial charge is 0.305 e. The molecule has 3 aromatic heterocycles. The summed E-state index contributed by atoms with van der Waals surface area (Å²) in [5.74, 6) is -0.801. The summed E-state index contributed by atoms with van der Waals surface area (Å²) in [5.41, 5.74) is 3.91. The monoisotopic (exact) mass is 495 g/mol. The Morgan fingerprint density at radius 2 is 1.53 bits per heavy atom. The molecule has 0 aliphatic rings. The zero-order valence-electron chi connectivity index (χ0n) is 19.2. The van der Waals surface area contributed by atoms with Crippen molar-refractivity contribution in [2.24, 2.45) is 5.14 Å². The number of carbonyl (C=O) groups excluding carboxylic acids is 1. The molecule has 0 aliphatic carbocycles. The predicted octanol–water partition coefficient (Wildman–Crippen LogP) is 4.52. The fourth-order valence-corrected chi connectivity index (χ4v) is 4.82. The van der Waals surface area contributed by atoms with Crippen LogP contribution >= 0.6 is 0 Å². The second-order valence-corrected chi connectivity index (χ2v) is 9.49. The van der Waals surface area contributed by atoms with Gasteiger partial charge in [0.1, 0.15) is 0 Å². The summed E-state index contributed by atoms with van der Waals surface area (Å²) >= 11 is 0. The Labute approximate surface area is 208 Å². The topological polar surface area (TPSA) is 119 Å². The first-order chi connectivity index (χ1) is 17.3. The number of hydrogen-bond acceptors (Lipinski definition) is 6. The van der Waals surface area contributed by atoms with Crippen LogP contribution < -0.4 is 9.44 Å². The maximum Gasteiger partial charge on any atom is 0.305 e. The Morgan fingerprint density at radius 1 is 0.833 bits per heavy atom. The third-order valence-corrected chi connectivity index (χ3v) is 6.57. The Hall–Kier alpha value is -4.47. The van der Waals surface area contributed by atoms with Gasteiger partial charge in [-0.05, 0) is 48.9 Å². The first-order valence-electron chi connectivity index (χ1n) is 11.0. The highest BCUT2D eigenvalue weighted by Crippen LogP contribution is 2.33. The van der Waals surface area contributed by atoms with Crippen LogP contribution in [0.2, 0.25) is 0 Å². The number of pyridine rings is 3. The van der Waals surface area contributed by atoms with Gasteiger partial charge in [-0.2, -0.15) is 12.7 Å². The molecular weight excluding hydrogens is 474 g/mol. The molecule has 0 unspecified atom stereocenters. The highest BCUT2D eigenvalue weighted by Gasteiger charge is 2.29. The van der Waals surface area contributed by atoms with E-state index in [-0.39, 0.29) is 11.3 Å². The number of para-hydroxylation sites is 1. The fourth-order valence-electron chi connectivity index (χ4n) is 4.08. The van der Waals surface area contributed by atoms with Gasteiger partial charge in [-0.3, -0.25) is 14.8 Å². The molecule has 0 saturated heterocycles. The summed E-state index contributed by atoms with van der Waals surface area (Å²) in [7, 11) is -4.43. The van der Waals surface area contributed by atoms with Gasteiger partial charge in [0.15, 0.2) is 0 Å². The second kappa shape index (κ2) is 9.29. The zero-order valence-corrected chi connectivity index (χ0v) is 20.1. The molecule has 0 aliphatic heterocycles. The lowest BCUT2D eigenvalue weighted by atomic mass is 9.99. The van der Waals surface area contributed by atoms with Crippen molar-refractivity contribution in [2.45, 2.75) is 6.92 Å². The Balaban J connectivity index is 1.75. The highest BCUT2D eigenvalue weighted by molar-refractivity contribution is 7.91. The first kappa shape index (κ1) is 23.3. The van der Waals surface area contributed by atoms with Crippen LogP contribution in [0.5, 0.6) is 0 Å². The van der Waals surface area contributed by atoms with Crippen LogP contribution in [0.1, 0.15) is 15.9 Å². The summed E-state index contributed by atoms with van der Waals surface area (Å²) in [6.45, 7) is 1.94. The Morgan fingerprint density at radius 3 is 2.28 bits per heavy atom. The fraction of sp³-hybridized carbons (Fsp3) is 0.0370. The third-order valence-electron chi connectivity index (χ3n) is 5.68. The summed E-state index contributed by atoms with van der Waals surface area (Å²) in [6.07, 6.45) is 3.34. The van der Waals surface area contributed by atoms with Gasteiger partial charge in [0, 0.05) is 23.3 Å². The molecule has 5 aromatic rings. The number of fused-ring (bicyclic) bond motifs is 1. The average molecular weight is 496 g/mol. The van der Waals surface area contributed by atoms with Crippen molar-refractivity contribution in [1.82, 2.24) is 15.0 Å². The third kappa shape index (κ3) is 4.33. The number of rotatable bonds is 5. The van der Waals surface area contributed by atoms with Gasteiger partial charge in [-0.15, -0.1) is 0 Å². The minimum atomic E-state index is -4.43. The van der Waals surface area contributed by atoms with Crippen molar-refractivity contribution >= 4 is 32.7 Å². The molecule has 0 spiro atoms. The van der Waals surface area contributed by atoms with Crippen LogP contribution in [-0.4, -0.2) is 29.3 Å². The number of hydrogen-bond donors (Lipinski definition) is 1. The lowest BCUT2D eigenvalue weighted by Gasteiger charge is -2.21. The molecule has 0 fully saturated rings. The molecule has 178 valence electrons. The SMILES string of the molecule is Cc1cccnc1-c1cc2cccnc2c(-c2ccccc2C(=O)N(c2ccccc2)S(N)(=O)=O)n1. The summed E-state index contributed by atoms with van der Waals surface area (Å²) in [6, 6.07) is 24.1. The molecule has 36 heavy (non-hydrogen) atoms. The van der Waals surface area contributed by atoms with Crippen LogP contribution in [0, 0.1) is 6.92 Å². The molecule has 2 aromatic carbocycles. The summed E-state index contributed by atoms with van der Waals surface area (Å²) < 4.78 is 25.7. The molecule has 2 N–H and O–H groups in total. The minimum Gasteiger partial charge on any atom is -0.268 e. The van der Waals surface area contributed by atoms with Crippen molar-refractivity contribution in [3.63, 3.8) is 0 Å². The Bertz CT molecular complexity index is 1710. The normalized spacial score (nSPS) is 11.4. The molecule has 0 saturated carbocycles. The average Bonchev–Trinajstić information content (AvgIpc) is 2.88. The predicted molar refractivity (Wildman–Crippen MR) is 139 cm³/mol. The van der Waals surface area contributed by atoms with E-state index in [0.717, 1.165) is 10.9 Å². The molecule has 9 heteroatoms. The number of aromatic nitrogens is 3. The summed E-state index contributed by atoms with van der Waals surface area (Å²) in [5, 5.41) is 6.29. The zero-order chi connectivity index (χ0) is 25.3. The number of anilines is 1. The number of aryl methyl sites for hydroxylation is 1. The van der Waals surface area contributed by atoms with Gasteiger partial charge >= 0.3 is 10.2 Å². The van der Waals surface area contributed by atoms with Gasteiger partial charge in [0.05, 0.1) is 33.8 Å². The minimum absolute atomic E-state index is 0.115. The van der Waals surface area contributed by atoms with Crippen LogP contribution in [0.15, 0.2) is 97.3 Å². The van der Waals surface area contributed by atoms with Crippen molar-refractivity contribution < 1.29 is 13.2 Å². The van der Waals surface area contributed by atoms with Crippen molar-refractivity contribution in [3.8, 4) is 22.6 Å². The van der Waals surface area contributed by atoms with E-state index in [1.165, 1.54) is 12.1 Å². The molecule has 0 atom stereocenters. The number of benzene rings is 2. The van der Waals surface area contributed by atoms with E-state index in [1.807, 2.05) is 37.3 Å². The molecule has 0 radical (unpaired) electrons. The van der Waals surface area contributed by atoms with Crippen LogP contribution in [0.3, 0.4) is 0 Å². The Kier molecular flexibility index (Phi) is 6.01. The quantitative estimate of drug-likeness (QED) is 0.383. The lowest BCUT2D eigenvalue weighted by Crippen LogP contribution is -2.41. The summed E-state index contributed by atoms with van der Waals surface area (Å²) in [4.78, 5) is 27.6. The molecule has 3 heterocycles. The maximum atomic E-state index is 13.7. The van der Waals surface area contributed by atoms with Gasteiger partial charge in [-0.1, -0.05) is 48.5 Å². The van der Waals surface area contributed by atoms with E-state index in [0.29, 0.717) is 32.5 Å². The van der Waals surface area contributed by atoms with E-state index < -0.39 is 16.1 Å². The van der Waals surface area contributed by atoms with Gasteiger partial charge in [0.25, 0.3) is 5.91 Å². The molecular formula is C27H21N5O3S. The standard InChI is InChI=1S/C27H21N5O3S/c1-18-9-7-15-29-24(18)23-17-19-10-8-16-30-25(19)26(31-23)21-13-5-6-14-22(21)27(33)32(36(28,34)35)20-11-3-2-4-12-20/h2-17H,1H3,(H2,28,34,35).